The van der Waals surface area contributed by atoms with E-state index in [1.807, 2.05) is 32.0 Å². The lowest BCUT2D eigenvalue weighted by atomic mass is 10.2. The van der Waals surface area contributed by atoms with E-state index in [2.05, 4.69) is 36.4 Å². The lowest BCUT2D eigenvalue weighted by Crippen LogP contribution is -2.26. The fourth-order valence-corrected chi connectivity index (χ4v) is 1.54. The van der Waals surface area contributed by atoms with Crippen molar-refractivity contribution in [3.8, 4) is 0 Å². The number of ether oxygens (including phenoxy) is 1. The molecule has 116 valence electrons. The minimum absolute atomic E-state index is 0.566. The number of allylic oxidation sites excluding steroid dienone is 3. The van der Waals surface area contributed by atoms with Crippen molar-refractivity contribution in [1.29, 1.82) is 0 Å². The molecule has 0 atom stereocenters. The largest absolute Gasteiger partial charge is 0.351 e. The number of methoxy groups -OCH3 is 1. The van der Waals surface area contributed by atoms with Crippen LogP contribution in [-0.4, -0.2) is 19.5 Å². The SMILES string of the molecule is COC(C)(C)OOCCC/C=C/C/C=C/c1ccccc1. The van der Waals surface area contributed by atoms with Gasteiger partial charge in [-0.05, 0) is 38.7 Å². The summed E-state index contributed by atoms with van der Waals surface area (Å²) in [5.41, 5.74) is 1.23. The van der Waals surface area contributed by atoms with Crippen LogP contribution in [0.15, 0.2) is 48.6 Å². The molecule has 0 amide bonds. The minimum Gasteiger partial charge on any atom is -0.351 e. The first-order valence-corrected chi connectivity index (χ1v) is 7.36. The van der Waals surface area contributed by atoms with Gasteiger partial charge in [0.1, 0.15) is 0 Å². The zero-order chi connectivity index (χ0) is 15.4. The van der Waals surface area contributed by atoms with Crippen LogP contribution in [0.3, 0.4) is 0 Å². The summed E-state index contributed by atoms with van der Waals surface area (Å²) in [6, 6.07) is 10.3. The molecule has 0 aliphatic carbocycles. The summed E-state index contributed by atoms with van der Waals surface area (Å²) in [6.07, 6.45) is 11.5. The average molecular weight is 290 g/mol. The van der Waals surface area contributed by atoms with E-state index in [1.54, 1.807) is 7.11 Å². The lowest BCUT2D eigenvalue weighted by molar-refractivity contribution is -0.413. The molecule has 1 rings (SSSR count). The van der Waals surface area contributed by atoms with Crippen molar-refractivity contribution in [2.45, 2.75) is 38.9 Å². The van der Waals surface area contributed by atoms with Crippen molar-refractivity contribution in [3.63, 3.8) is 0 Å². The lowest BCUT2D eigenvalue weighted by Gasteiger charge is -2.21. The second kappa shape index (κ2) is 10.3. The first kappa shape index (κ1) is 17.6. The van der Waals surface area contributed by atoms with E-state index in [0.29, 0.717) is 6.61 Å². The zero-order valence-electron chi connectivity index (χ0n) is 13.2. The second-order valence-corrected chi connectivity index (χ2v) is 5.17. The number of benzene rings is 1. The smallest absolute Gasteiger partial charge is 0.195 e. The maximum Gasteiger partial charge on any atom is 0.195 e. The van der Waals surface area contributed by atoms with E-state index in [9.17, 15) is 0 Å². The van der Waals surface area contributed by atoms with Gasteiger partial charge in [0.05, 0.1) is 6.61 Å². The summed E-state index contributed by atoms with van der Waals surface area (Å²) in [4.78, 5) is 10.2. The standard InChI is InChI=1S/C18H26O3/c1-18(2,19-3)21-20-16-12-7-5-4-6-9-13-17-14-10-8-11-15-17/h4-5,8-11,13-15H,6-7,12,16H2,1-3H3/b5-4+,13-9+. The molecule has 0 heterocycles. The third-order valence-electron chi connectivity index (χ3n) is 2.90. The molecule has 0 aliphatic rings. The summed E-state index contributed by atoms with van der Waals surface area (Å²) in [7, 11) is 1.59. The summed E-state index contributed by atoms with van der Waals surface area (Å²) >= 11 is 0. The molecule has 0 unspecified atom stereocenters. The van der Waals surface area contributed by atoms with E-state index in [0.717, 1.165) is 19.3 Å². The maximum absolute atomic E-state index is 5.12. The van der Waals surface area contributed by atoms with Crippen molar-refractivity contribution >= 4 is 6.08 Å². The number of unbranched alkanes of at least 4 members (excludes halogenated alkanes) is 1. The number of rotatable bonds is 10. The molecule has 0 bridgehead atoms. The molecule has 0 aliphatic heterocycles. The second-order valence-electron chi connectivity index (χ2n) is 5.17. The molecule has 0 fully saturated rings. The van der Waals surface area contributed by atoms with Crippen molar-refractivity contribution in [3.05, 3.63) is 54.1 Å². The predicted octanol–water partition coefficient (Wildman–Crippen LogP) is 4.76. The van der Waals surface area contributed by atoms with Crippen LogP contribution in [0.5, 0.6) is 0 Å². The van der Waals surface area contributed by atoms with Gasteiger partial charge in [-0.3, -0.25) is 0 Å². The van der Waals surface area contributed by atoms with Gasteiger partial charge in [-0.1, -0.05) is 54.6 Å². The van der Waals surface area contributed by atoms with Crippen LogP contribution in [0.2, 0.25) is 0 Å². The molecule has 0 spiro atoms. The highest BCUT2D eigenvalue weighted by atomic mass is 17.2. The molecular weight excluding hydrogens is 264 g/mol. The fourth-order valence-electron chi connectivity index (χ4n) is 1.54. The highest BCUT2D eigenvalue weighted by Gasteiger charge is 2.17. The average Bonchev–Trinajstić information content (AvgIpc) is 2.50. The van der Waals surface area contributed by atoms with Gasteiger partial charge in [0.15, 0.2) is 5.79 Å². The molecule has 0 N–H and O–H groups in total. The summed E-state index contributed by atoms with van der Waals surface area (Å²) in [6.45, 7) is 4.19. The van der Waals surface area contributed by atoms with Crippen molar-refractivity contribution in [1.82, 2.24) is 0 Å². The van der Waals surface area contributed by atoms with Crippen LogP contribution in [0, 0.1) is 0 Å². The maximum atomic E-state index is 5.12. The van der Waals surface area contributed by atoms with E-state index in [4.69, 9.17) is 14.5 Å². The molecular formula is C18H26O3. The van der Waals surface area contributed by atoms with Crippen LogP contribution in [0.4, 0.5) is 0 Å². The quantitative estimate of drug-likeness (QED) is 0.204. The normalized spacial score (nSPS) is 12.5. The fraction of sp³-hybridized carbons (Fsp3) is 0.444. The molecule has 0 saturated carbocycles. The predicted molar refractivity (Wildman–Crippen MR) is 86.6 cm³/mol. The van der Waals surface area contributed by atoms with Gasteiger partial charge in [0, 0.05) is 7.11 Å². The van der Waals surface area contributed by atoms with E-state index in [1.165, 1.54) is 5.56 Å². The monoisotopic (exact) mass is 290 g/mol. The van der Waals surface area contributed by atoms with Crippen LogP contribution in [0.25, 0.3) is 6.08 Å². The third kappa shape index (κ3) is 9.19. The van der Waals surface area contributed by atoms with Crippen molar-refractivity contribution < 1.29 is 14.5 Å². The van der Waals surface area contributed by atoms with E-state index >= 15 is 0 Å². The zero-order valence-corrected chi connectivity index (χ0v) is 13.2. The van der Waals surface area contributed by atoms with Gasteiger partial charge in [0.2, 0.25) is 0 Å². The van der Waals surface area contributed by atoms with Crippen molar-refractivity contribution in [2.75, 3.05) is 13.7 Å². The molecule has 3 heteroatoms. The minimum atomic E-state index is -0.682. The van der Waals surface area contributed by atoms with Gasteiger partial charge in [-0.15, -0.1) is 0 Å². The molecule has 0 saturated heterocycles. The molecule has 1 aromatic rings. The van der Waals surface area contributed by atoms with E-state index in [-0.39, 0.29) is 0 Å². The Balaban J connectivity index is 2.02. The molecule has 3 nitrogen and oxygen atoms in total. The highest BCUT2D eigenvalue weighted by molar-refractivity contribution is 5.48. The Morgan fingerprint density at radius 2 is 1.81 bits per heavy atom. The first-order chi connectivity index (χ1) is 10.1. The topological polar surface area (TPSA) is 27.7 Å². The van der Waals surface area contributed by atoms with Gasteiger partial charge in [0.25, 0.3) is 0 Å². The Hall–Kier alpha value is -1.42. The van der Waals surface area contributed by atoms with E-state index < -0.39 is 5.79 Å². The third-order valence-corrected chi connectivity index (χ3v) is 2.90. The van der Waals surface area contributed by atoms with Gasteiger partial charge in [-0.25, -0.2) is 9.78 Å². The van der Waals surface area contributed by atoms with Crippen LogP contribution in [0.1, 0.15) is 38.7 Å². The summed E-state index contributed by atoms with van der Waals surface area (Å²) < 4.78 is 5.08. The summed E-state index contributed by atoms with van der Waals surface area (Å²) in [5, 5.41) is 0. The highest BCUT2D eigenvalue weighted by Crippen LogP contribution is 2.10. The molecule has 0 aromatic heterocycles. The molecule has 1 aromatic carbocycles. The number of hydrogen-bond donors (Lipinski definition) is 0. The molecule has 21 heavy (non-hydrogen) atoms. The molecule has 0 radical (unpaired) electrons. The van der Waals surface area contributed by atoms with Gasteiger partial charge >= 0.3 is 0 Å². The van der Waals surface area contributed by atoms with Gasteiger partial charge < -0.3 is 4.74 Å². The number of hydrogen-bond acceptors (Lipinski definition) is 3. The van der Waals surface area contributed by atoms with Crippen LogP contribution in [-0.2, 0) is 14.5 Å². The van der Waals surface area contributed by atoms with Crippen LogP contribution >= 0.6 is 0 Å². The van der Waals surface area contributed by atoms with Crippen molar-refractivity contribution in [2.24, 2.45) is 0 Å². The van der Waals surface area contributed by atoms with Gasteiger partial charge in [-0.2, -0.15) is 0 Å². The Labute approximate surface area is 128 Å². The Bertz CT molecular complexity index is 421. The Morgan fingerprint density at radius 3 is 2.52 bits per heavy atom. The Morgan fingerprint density at radius 1 is 1.05 bits per heavy atom. The Kier molecular flexibility index (Phi) is 8.67. The first-order valence-electron chi connectivity index (χ1n) is 7.36. The summed E-state index contributed by atoms with van der Waals surface area (Å²) in [5.74, 6) is -0.682. The van der Waals surface area contributed by atoms with Crippen LogP contribution < -0.4 is 0 Å².